The number of carbonyl (C=O) groups is 1. The normalized spacial score (nSPS) is 11.6. The van der Waals surface area contributed by atoms with Crippen LogP contribution >= 0.6 is 0 Å². The first-order valence-corrected chi connectivity index (χ1v) is 11.0. The smallest absolute Gasteiger partial charge is 0.155 e. The maximum absolute atomic E-state index is 10.0. The minimum Gasteiger partial charge on any atom is -0.512 e. The molecule has 0 atom stereocenters. The van der Waals surface area contributed by atoms with Crippen molar-refractivity contribution in [2.24, 2.45) is 0 Å². The molecule has 0 aliphatic rings. The van der Waals surface area contributed by atoms with Crippen LogP contribution in [0.2, 0.25) is 0 Å². The van der Waals surface area contributed by atoms with Gasteiger partial charge in [0.2, 0.25) is 0 Å². The number of hydrogen-bond acceptors (Lipinski definition) is 4. The summed E-state index contributed by atoms with van der Waals surface area (Å²) in [7, 11) is 0. The molecule has 1 N–H and O–H groups in total. The van der Waals surface area contributed by atoms with Crippen LogP contribution in [0.15, 0.2) is 60.6 Å². The van der Waals surface area contributed by atoms with Gasteiger partial charge in [-0.3, -0.25) is 9.78 Å². The number of nitrogens with zero attached hydrogens (tertiary/aromatic N) is 2. The van der Waals surface area contributed by atoms with Gasteiger partial charge in [-0.05, 0) is 47.8 Å². The number of aryl methyl sites for hydroxylation is 2. The van der Waals surface area contributed by atoms with E-state index in [0.29, 0.717) is 0 Å². The molecule has 1 radical (unpaired) electrons. The van der Waals surface area contributed by atoms with Crippen molar-refractivity contribution in [2.45, 2.75) is 53.9 Å². The van der Waals surface area contributed by atoms with Crippen molar-refractivity contribution in [3.63, 3.8) is 0 Å². The molecule has 2 heterocycles. The number of ketones is 1. The number of aromatic nitrogens is 2. The van der Waals surface area contributed by atoms with Crippen molar-refractivity contribution in [2.75, 3.05) is 0 Å². The van der Waals surface area contributed by atoms with E-state index in [4.69, 9.17) is 10.1 Å². The molecule has 0 saturated carbocycles. The fourth-order valence-electron chi connectivity index (χ4n) is 3.83. The van der Waals surface area contributed by atoms with Crippen molar-refractivity contribution < 1.29 is 30.0 Å². The van der Waals surface area contributed by atoms with Gasteiger partial charge in [0.15, 0.2) is 5.78 Å². The third-order valence-electron chi connectivity index (χ3n) is 5.23. The molecule has 4 nitrogen and oxygen atoms in total. The first-order valence-electron chi connectivity index (χ1n) is 11.0. The number of aliphatic hydroxyl groups excluding tert-OH is 1. The molecule has 2 aromatic carbocycles. The number of carbonyl (C=O) groups excluding carboxylic acids is 1. The molecule has 4 rings (SSSR count). The Balaban J connectivity index is 0.000000449. The van der Waals surface area contributed by atoms with Crippen LogP contribution in [0.1, 0.15) is 51.4 Å². The summed E-state index contributed by atoms with van der Waals surface area (Å²) in [5, 5.41) is 13.1. The zero-order chi connectivity index (χ0) is 24.3. The molecule has 0 bridgehead atoms. The van der Waals surface area contributed by atoms with Crippen LogP contribution in [0.3, 0.4) is 0 Å². The Kier molecular flexibility index (Phi) is 8.88. The zero-order valence-electron chi connectivity index (χ0n) is 20.8. The van der Waals surface area contributed by atoms with E-state index in [-0.39, 0.29) is 37.1 Å². The fourth-order valence-corrected chi connectivity index (χ4v) is 3.83. The van der Waals surface area contributed by atoms with E-state index in [1.807, 2.05) is 12.4 Å². The molecule has 0 saturated heterocycles. The van der Waals surface area contributed by atoms with Gasteiger partial charge in [0.05, 0.1) is 5.76 Å². The zero-order valence-corrected chi connectivity index (χ0v) is 23.2. The van der Waals surface area contributed by atoms with Crippen molar-refractivity contribution in [1.82, 2.24) is 9.97 Å². The number of benzene rings is 2. The molecule has 0 aliphatic heterocycles. The van der Waals surface area contributed by atoms with Crippen LogP contribution in [0.5, 0.6) is 0 Å². The molecule has 0 spiro atoms. The third-order valence-corrected chi connectivity index (χ3v) is 5.23. The van der Waals surface area contributed by atoms with Gasteiger partial charge >= 0.3 is 0 Å². The Morgan fingerprint density at radius 1 is 0.971 bits per heavy atom. The van der Waals surface area contributed by atoms with Gasteiger partial charge in [0.25, 0.3) is 0 Å². The minimum absolute atomic E-state index is 0. The van der Waals surface area contributed by atoms with Crippen LogP contribution in [0.4, 0.5) is 0 Å². The Labute approximate surface area is 215 Å². The maximum Gasteiger partial charge on any atom is 0.155 e. The summed E-state index contributed by atoms with van der Waals surface area (Å²) in [5.41, 5.74) is 5.55. The molecule has 0 amide bonds. The van der Waals surface area contributed by atoms with E-state index in [1.54, 1.807) is 0 Å². The van der Waals surface area contributed by atoms with Crippen molar-refractivity contribution in [3.8, 4) is 11.3 Å². The van der Waals surface area contributed by atoms with E-state index >= 15 is 0 Å². The molecule has 0 fully saturated rings. The standard InChI is InChI=1S/C24H23N2.C5H8O2.Ir/c1-15-10-16(2)12-18(11-15)23-20-7-6-17-13-22(24(3,4)5)26-14-21(17)19(20)8-9-25-23;1-4(6)3-5(2)7;/h6-11,13-14H,1-5H3;3,6H,1-2H3;/q-1;;/b;4-3-;. The summed E-state index contributed by atoms with van der Waals surface area (Å²) < 4.78 is 0. The van der Waals surface area contributed by atoms with Gasteiger partial charge in [-0.15, -0.1) is 34.9 Å². The predicted molar refractivity (Wildman–Crippen MR) is 137 cm³/mol. The maximum atomic E-state index is 10.0. The largest absolute Gasteiger partial charge is 0.512 e. The number of fused-ring (bicyclic) bond motifs is 3. The molecule has 34 heavy (non-hydrogen) atoms. The first-order chi connectivity index (χ1) is 15.5. The molecule has 4 aromatic rings. The topological polar surface area (TPSA) is 63.1 Å². The quantitative estimate of drug-likeness (QED) is 0.110. The average molecular weight is 632 g/mol. The van der Waals surface area contributed by atoms with Crippen molar-refractivity contribution in [3.05, 3.63) is 83.5 Å². The summed E-state index contributed by atoms with van der Waals surface area (Å²) in [5.74, 6) is -0.0625. The fraction of sp³-hybridized carbons (Fsp3) is 0.276. The van der Waals surface area contributed by atoms with E-state index in [1.165, 1.54) is 41.6 Å². The Morgan fingerprint density at radius 3 is 2.24 bits per heavy atom. The van der Waals surface area contributed by atoms with Crippen molar-refractivity contribution in [1.29, 1.82) is 0 Å². The number of hydrogen-bond donors (Lipinski definition) is 1. The number of rotatable bonds is 2. The van der Waals surface area contributed by atoms with E-state index in [0.717, 1.165) is 27.9 Å². The van der Waals surface area contributed by atoms with Crippen LogP contribution in [-0.4, -0.2) is 20.9 Å². The molecule has 0 unspecified atom stereocenters. The van der Waals surface area contributed by atoms with E-state index < -0.39 is 0 Å². The van der Waals surface area contributed by atoms with Gasteiger partial charge < -0.3 is 10.1 Å². The Morgan fingerprint density at radius 2 is 1.68 bits per heavy atom. The van der Waals surface area contributed by atoms with Gasteiger partial charge in [0, 0.05) is 55.1 Å². The van der Waals surface area contributed by atoms with Gasteiger partial charge in [-0.1, -0.05) is 46.8 Å². The predicted octanol–water partition coefficient (Wildman–Crippen LogP) is 7.20. The summed E-state index contributed by atoms with van der Waals surface area (Å²) in [6.07, 6.45) is 5.06. The molecule has 2 aromatic heterocycles. The van der Waals surface area contributed by atoms with Gasteiger partial charge in [-0.25, -0.2) is 0 Å². The monoisotopic (exact) mass is 632 g/mol. The number of aliphatic hydroxyl groups is 1. The van der Waals surface area contributed by atoms with Crippen LogP contribution in [0, 0.1) is 19.9 Å². The van der Waals surface area contributed by atoms with Gasteiger partial charge in [0.1, 0.15) is 0 Å². The summed E-state index contributed by atoms with van der Waals surface area (Å²) >= 11 is 0. The van der Waals surface area contributed by atoms with Crippen LogP contribution in [-0.2, 0) is 30.3 Å². The van der Waals surface area contributed by atoms with Crippen molar-refractivity contribution >= 4 is 27.3 Å². The van der Waals surface area contributed by atoms with Gasteiger partial charge in [-0.2, -0.15) is 0 Å². The molecule has 5 heteroatoms. The first kappa shape index (κ1) is 27.4. The second-order valence-electron chi connectivity index (χ2n) is 9.51. The summed E-state index contributed by atoms with van der Waals surface area (Å²) in [4.78, 5) is 19.4. The van der Waals surface area contributed by atoms with E-state index in [9.17, 15) is 4.79 Å². The molecular formula is C29H31IrN2O2-. The Hall–Kier alpha value is -2.88. The van der Waals surface area contributed by atoms with Crippen LogP contribution in [0.25, 0.3) is 32.8 Å². The average Bonchev–Trinajstić information content (AvgIpc) is 2.70. The Bertz CT molecular complexity index is 1340. The summed E-state index contributed by atoms with van der Waals surface area (Å²) in [6.45, 7) is 13.6. The van der Waals surface area contributed by atoms with Crippen LogP contribution < -0.4 is 0 Å². The SMILES string of the molecule is CC(=O)/C=C(/C)O.Cc1[c-]c(-c2nccc3c2ccc2cc(C(C)(C)C)ncc23)cc(C)c1.[Ir]. The second kappa shape index (κ2) is 11.0. The van der Waals surface area contributed by atoms with E-state index in [2.05, 4.69) is 82.1 Å². The minimum atomic E-state index is -0.125. The molecular weight excluding hydrogens is 601 g/mol. The number of allylic oxidation sites excluding steroid dienone is 2. The molecule has 179 valence electrons. The number of pyridine rings is 2. The summed E-state index contributed by atoms with van der Waals surface area (Å²) in [6, 6.07) is 16.4. The second-order valence-corrected chi connectivity index (χ2v) is 9.51. The molecule has 0 aliphatic carbocycles. The third kappa shape index (κ3) is 6.59.